The molecule has 1 aliphatic rings. The molecule has 0 atom stereocenters. The van der Waals surface area contributed by atoms with E-state index in [1.165, 1.54) is 36.3 Å². The van der Waals surface area contributed by atoms with Crippen LogP contribution in [0.25, 0.3) is 0 Å². The maximum atomic E-state index is 3.61. The lowest BCUT2D eigenvalue weighted by Crippen LogP contribution is -2.09. The minimum absolute atomic E-state index is 0.528. The summed E-state index contributed by atoms with van der Waals surface area (Å²) in [7, 11) is -0.528. The van der Waals surface area contributed by atoms with Gasteiger partial charge in [0.2, 0.25) is 0 Å². The molecule has 1 aliphatic carbocycles. The van der Waals surface area contributed by atoms with Crippen molar-refractivity contribution in [2.24, 2.45) is 5.92 Å². The van der Waals surface area contributed by atoms with Crippen molar-refractivity contribution in [2.45, 2.75) is 25.7 Å². The summed E-state index contributed by atoms with van der Waals surface area (Å²) in [6, 6.07) is 21.5. The largest absolute Gasteiger partial charge is 0.0946 e. The number of hydrogen-bond acceptors (Lipinski definition) is 0. The molecule has 0 aromatic heterocycles. The van der Waals surface area contributed by atoms with Gasteiger partial charge in [-0.05, 0) is 23.5 Å². The van der Waals surface area contributed by atoms with E-state index < -0.39 is 7.92 Å². The molecule has 20 heavy (non-hydrogen) atoms. The molecule has 1 saturated carbocycles. The zero-order valence-electron chi connectivity index (χ0n) is 11.6. The van der Waals surface area contributed by atoms with E-state index in [-0.39, 0.29) is 0 Å². The highest BCUT2D eigenvalue weighted by Gasteiger charge is 2.14. The molecule has 2 aromatic carbocycles. The van der Waals surface area contributed by atoms with E-state index >= 15 is 0 Å². The van der Waals surface area contributed by atoms with Gasteiger partial charge in [0.15, 0.2) is 0 Å². The van der Waals surface area contributed by atoms with Gasteiger partial charge >= 0.3 is 0 Å². The second-order valence-corrected chi connectivity index (χ2v) is 7.17. The second kappa shape index (κ2) is 6.74. The van der Waals surface area contributed by atoms with Crippen LogP contribution in [0.3, 0.4) is 0 Å². The van der Waals surface area contributed by atoms with Crippen LogP contribution in [0.4, 0.5) is 0 Å². The van der Waals surface area contributed by atoms with Crippen molar-refractivity contribution in [3.8, 4) is 11.6 Å². The van der Waals surface area contributed by atoms with Gasteiger partial charge in [-0.15, -0.1) is 0 Å². The third-order valence-corrected chi connectivity index (χ3v) is 5.75. The summed E-state index contributed by atoms with van der Waals surface area (Å²) in [5, 5.41) is 2.72. The van der Waals surface area contributed by atoms with Crippen LogP contribution in [0.1, 0.15) is 25.7 Å². The van der Waals surface area contributed by atoms with Crippen LogP contribution in [-0.4, -0.2) is 0 Å². The fourth-order valence-corrected chi connectivity index (χ4v) is 4.47. The molecule has 0 nitrogen and oxygen atoms in total. The first-order valence-electron chi connectivity index (χ1n) is 7.35. The number of rotatable bonds is 2. The number of hydrogen-bond donors (Lipinski definition) is 0. The lowest BCUT2D eigenvalue weighted by molar-refractivity contribution is 0.712. The quantitative estimate of drug-likeness (QED) is 0.568. The first-order valence-corrected chi connectivity index (χ1v) is 8.69. The molecular formula is C19H19P. The predicted octanol–water partition coefficient (Wildman–Crippen LogP) is 4.27. The van der Waals surface area contributed by atoms with Crippen molar-refractivity contribution in [1.29, 1.82) is 0 Å². The topological polar surface area (TPSA) is 0 Å². The molecule has 0 spiro atoms. The Kier molecular flexibility index (Phi) is 4.52. The molecule has 0 aliphatic heterocycles. The average molecular weight is 278 g/mol. The minimum Gasteiger partial charge on any atom is -0.0946 e. The first kappa shape index (κ1) is 13.4. The molecule has 0 heterocycles. The number of benzene rings is 2. The third kappa shape index (κ3) is 3.30. The Labute approximate surface area is 123 Å². The Bertz CT molecular complexity index is 546. The van der Waals surface area contributed by atoms with Gasteiger partial charge in [0.05, 0.1) is 0 Å². The van der Waals surface area contributed by atoms with Crippen molar-refractivity contribution < 1.29 is 0 Å². The van der Waals surface area contributed by atoms with Gasteiger partial charge in [-0.3, -0.25) is 0 Å². The molecule has 100 valence electrons. The summed E-state index contributed by atoms with van der Waals surface area (Å²) in [5.41, 5.74) is 3.61. The van der Waals surface area contributed by atoms with Gasteiger partial charge in [0.25, 0.3) is 0 Å². The van der Waals surface area contributed by atoms with Crippen LogP contribution < -0.4 is 10.6 Å². The monoisotopic (exact) mass is 278 g/mol. The Morgan fingerprint density at radius 2 is 1.25 bits per heavy atom. The van der Waals surface area contributed by atoms with Crippen LogP contribution in [0.15, 0.2) is 60.7 Å². The highest BCUT2D eigenvalue weighted by molar-refractivity contribution is 7.77. The molecule has 0 radical (unpaired) electrons. The molecule has 3 rings (SSSR count). The summed E-state index contributed by atoms with van der Waals surface area (Å²) in [4.78, 5) is 0. The predicted molar refractivity (Wildman–Crippen MR) is 88.8 cm³/mol. The van der Waals surface area contributed by atoms with Crippen molar-refractivity contribution in [1.82, 2.24) is 0 Å². The Balaban J connectivity index is 1.91. The highest BCUT2D eigenvalue weighted by atomic mass is 31.1. The van der Waals surface area contributed by atoms with E-state index in [1.54, 1.807) is 0 Å². The lowest BCUT2D eigenvalue weighted by atomic mass is 10.1. The van der Waals surface area contributed by atoms with E-state index in [1.807, 2.05) is 0 Å². The van der Waals surface area contributed by atoms with E-state index in [4.69, 9.17) is 0 Å². The van der Waals surface area contributed by atoms with Gasteiger partial charge in [0.1, 0.15) is 0 Å². The SMILES string of the molecule is C(#CP(c1ccccc1)c1ccccc1)C1CCCC1. The van der Waals surface area contributed by atoms with Crippen LogP contribution in [0.2, 0.25) is 0 Å². The fraction of sp³-hybridized carbons (Fsp3) is 0.263. The summed E-state index contributed by atoms with van der Waals surface area (Å²) in [6.07, 6.45) is 5.29. The van der Waals surface area contributed by atoms with E-state index in [9.17, 15) is 0 Å². The van der Waals surface area contributed by atoms with Gasteiger partial charge < -0.3 is 0 Å². The Morgan fingerprint density at radius 3 is 1.75 bits per heavy atom. The summed E-state index contributed by atoms with van der Waals surface area (Å²) in [5.74, 6) is 4.19. The van der Waals surface area contributed by atoms with Crippen molar-refractivity contribution in [2.75, 3.05) is 0 Å². The highest BCUT2D eigenvalue weighted by Crippen LogP contribution is 2.33. The molecule has 1 heteroatoms. The summed E-state index contributed by atoms with van der Waals surface area (Å²) >= 11 is 0. The van der Waals surface area contributed by atoms with Crippen LogP contribution in [-0.2, 0) is 0 Å². The zero-order chi connectivity index (χ0) is 13.6. The standard InChI is InChI=1S/C19H19P/c1-3-11-18(12-4-1)20(19-13-5-2-6-14-19)16-15-17-9-7-8-10-17/h1-6,11-14,17H,7-10H2. The molecule has 0 saturated heterocycles. The summed E-state index contributed by atoms with van der Waals surface area (Å²) in [6.45, 7) is 0. The van der Waals surface area contributed by atoms with Crippen molar-refractivity contribution >= 4 is 18.5 Å². The summed E-state index contributed by atoms with van der Waals surface area (Å²) < 4.78 is 0. The Morgan fingerprint density at radius 1 is 0.750 bits per heavy atom. The third-order valence-electron chi connectivity index (χ3n) is 3.76. The normalized spacial score (nSPS) is 15.1. The van der Waals surface area contributed by atoms with Crippen LogP contribution >= 0.6 is 7.92 Å². The van der Waals surface area contributed by atoms with Gasteiger partial charge in [-0.2, -0.15) is 0 Å². The molecule has 0 N–H and O–H groups in total. The zero-order valence-corrected chi connectivity index (χ0v) is 12.5. The maximum Gasteiger partial charge on any atom is 0.0344 e. The minimum atomic E-state index is -0.528. The van der Waals surface area contributed by atoms with Gasteiger partial charge in [-0.1, -0.05) is 85.1 Å². The average Bonchev–Trinajstić information content (AvgIpc) is 3.03. The maximum absolute atomic E-state index is 3.61. The van der Waals surface area contributed by atoms with E-state index in [2.05, 4.69) is 72.2 Å². The van der Waals surface area contributed by atoms with Gasteiger partial charge in [-0.25, -0.2) is 0 Å². The van der Waals surface area contributed by atoms with E-state index in [0.717, 1.165) is 0 Å². The van der Waals surface area contributed by atoms with Crippen LogP contribution in [0.5, 0.6) is 0 Å². The molecule has 2 aromatic rings. The lowest BCUT2D eigenvalue weighted by Gasteiger charge is -2.12. The van der Waals surface area contributed by atoms with Crippen LogP contribution in [0, 0.1) is 17.5 Å². The molecule has 0 amide bonds. The van der Waals surface area contributed by atoms with Gasteiger partial charge in [0, 0.05) is 13.8 Å². The molecule has 0 bridgehead atoms. The smallest absolute Gasteiger partial charge is 0.0344 e. The molecule has 1 fully saturated rings. The first-order chi connectivity index (χ1) is 9.93. The fourth-order valence-electron chi connectivity index (χ4n) is 2.66. The molecule has 0 unspecified atom stereocenters. The van der Waals surface area contributed by atoms with E-state index in [0.29, 0.717) is 5.92 Å². The second-order valence-electron chi connectivity index (χ2n) is 5.24. The Hall–Kier alpha value is -1.57. The van der Waals surface area contributed by atoms with Crippen molar-refractivity contribution in [3.05, 3.63) is 60.7 Å². The molecular weight excluding hydrogens is 259 g/mol. The van der Waals surface area contributed by atoms with Crippen molar-refractivity contribution in [3.63, 3.8) is 0 Å².